The van der Waals surface area contributed by atoms with E-state index in [2.05, 4.69) is 14.5 Å². The highest BCUT2D eigenvalue weighted by Gasteiger charge is 2.41. The maximum atomic E-state index is 12.7. The van der Waals surface area contributed by atoms with E-state index in [-0.39, 0.29) is 12.5 Å². The number of hydrogen-bond donors (Lipinski definition) is 0. The molecule has 0 saturated carbocycles. The zero-order valence-corrected chi connectivity index (χ0v) is 12.2. The van der Waals surface area contributed by atoms with E-state index in [0.717, 1.165) is 0 Å². The lowest BCUT2D eigenvalue weighted by Crippen LogP contribution is -2.33. The van der Waals surface area contributed by atoms with Gasteiger partial charge in [0.2, 0.25) is 5.88 Å². The van der Waals surface area contributed by atoms with E-state index in [0.29, 0.717) is 5.56 Å². The number of nitrogens with zero attached hydrogens (tertiary/aromatic N) is 1. The third kappa shape index (κ3) is 6.94. The number of ether oxygens (including phenoxy) is 2. The summed E-state index contributed by atoms with van der Waals surface area (Å²) in [6.45, 7) is 0.520. The second-order valence-corrected chi connectivity index (χ2v) is 4.25. The summed E-state index contributed by atoms with van der Waals surface area (Å²) in [5, 5.41) is 0. The Bertz CT molecular complexity index is 556. The zero-order chi connectivity index (χ0) is 17.3. The average Bonchev–Trinajstić information content (AvgIpc) is 2.51. The first-order valence-electron chi connectivity index (χ1n) is 6.61. The molecule has 0 spiro atoms. The highest BCUT2D eigenvalue weighted by atomic mass is 19.3. The third-order valence-corrected chi connectivity index (χ3v) is 2.41. The fourth-order valence-electron chi connectivity index (χ4n) is 1.30. The molecule has 8 heteroatoms. The van der Waals surface area contributed by atoms with E-state index in [1.165, 1.54) is 30.5 Å². The van der Waals surface area contributed by atoms with Crippen molar-refractivity contribution in [1.29, 1.82) is 0 Å². The van der Waals surface area contributed by atoms with Crippen molar-refractivity contribution in [3.63, 3.8) is 0 Å². The van der Waals surface area contributed by atoms with Gasteiger partial charge in [0.25, 0.3) is 0 Å². The van der Waals surface area contributed by atoms with Gasteiger partial charge >= 0.3 is 18.3 Å². The largest absolute Gasteiger partial charge is 0.471 e. The second-order valence-electron chi connectivity index (χ2n) is 4.25. The number of carbonyl (C=O) groups excluding carboxylic acids is 1. The number of pyridine rings is 1. The van der Waals surface area contributed by atoms with E-state index < -0.39 is 24.9 Å². The number of carbonyl (C=O) groups is 1. The summed E-state index contributed by atoms with van der Waals surface area (Å²) >= 11 is 0. The molecule has 0 saturated heterocycles. The lowest BCUT2D eigenvalue weighted by Gasteiger charge is -2.15. The summed E-state index contributed by atoms with van der Waals surface area (Å²) in [4.78, 5) is 14.7. The Morgan fingerprint density at radius 3 is 2.65 bits per heavy atom. The van der Waals surface area contributed by atoms with Crippen molar-refractivity contribution in [2.24, 2.45) is 0 Å². The van der Waals surface area contributed by atoms with E-state index in [9.17, 15) is 22.4 Å². The van der Waals surface area contributed by atoms with Gasteiger partial charge in [0.15, 0.2) is 6.61 Å². The van der Waals surface area contributed by atoms with Crippen molar-refractivity contribution in [1.82, 2.24) is 4.98 Å². The highest BCUT2D eigenvalue weighted by molar-refractivity contribution is 5.82. The van der Waals surface area contributed by atoms with Gasteiger partial charge < -0.3 is 9.47 Å². The molecule has 0 unspecified atom stereocenters. The van der Waals surface area contributed by atoms with Gasteiger partial charge in [-0.05, 0) is 18.6 Å². The minimum Gasteiger partial charge on any atom is -0.471 e. The average molecular weight is 333 g/mol. The summed E-state index contributed by atoms with van der Waals surface area (Å²) in [5.74, 6) is -4.89. The van der Waals surface area contributed by atoms with Crippen molar-refractivity contribution in [3.8, 4) is 5.88 Å². The Morgan fingerprint density at radius 1 is 1.35 bits per heavy atom. The van der Waals surface area contributed by atoms with E-state index in [1.54, 1.807) is 19.1 Å². The predicted octanol–water partition coefficient (Wildman–Crippen LogP) is 3.49. The lowest BCUT2D eigenvalue weighted by atomic mass is 10.2. The minimum absolute atomic E-state index is 0.190. The molecule has 126 valence electrons. The summed E-state index contributed by atoms with van der Waals surface area (Å²) in [6, 6.07) is 2.77. The first kappa shape index (κ1) is 18.7. The molecule has 0 bridgehead atoms. The van der Waals surface area contributed by atoms with Gasteiger partial charge in [0.05, 0.1) is 6.61 Å². The number of hydrogen-bond acceptors (Lipinski definition) is 4. The van der Waals surface area contributed by atoms with E-state index in [1.807, 2.05) is 0 Å². The Morgan fingerprint density at radius 2 is 2.09 bits per heavy atom. The number of esters is 1. The summed E-state index contributed by atoms with van der Waals surface area (Å²) < 4.78 is 58.5. The topological polar surface area (TPSA) is 48.4 Å². The number of halogens is 4. The van der Waals surface area contributed by atoms with E-state index >= 15 is 0 Å². The van der Waals surface area contributed by atoms with Gasteiger partial charge in [-0.1, -0.05) is 18.2 Å². The van der Waals surface area contributed by atoms with Crippen molar-refractivity contribution >= 4 is 12.0 Å². The molecule has 4 nitrogen and oxygen atoms in total. The quantitative estimate of drug-likeness (QED) is 0.316. The first-order valence-corrected chi connectivity index (χ1v) is 6.61. The molecule has 23 heavy (non-hydrogen) atoms. The van der Waals surface area contributed by atoms with Gasteiger partial charge in [0.1, 0.15) is 0 Å². The standard InChI is InChI=1S/C15H15F4NO3/c1-2-22-13(21)6-4-3-5-11-7-8-12(20-9-11)23-10-15(18,19)14(16)17/h3-9,14H,2,10H2,1H3/b5-3+,6-4+. The number of rotatable bonds is 8. The van der Waals surface area contributed by atoms with Crippen molar-refractivity contribution in [2.45, 2.75) is 19.3 Å². The molecule has 0 atom stereocenters. The van der Waals surface area contributed by atoms with Crippen LogP contribution < -0.4 is 4.74 Å². The molecule has 1 aromatic heterocycles. The van der Waals surface area contributed by atoms with Crippen LogP contribution in [-0.4, -0.2) is 36.5 Å². The molecule has 0 amide bonds. The zero-order valence-electron chi connectivity index (χ0n) is 12.2. The molecule has 0 aromatic carbocycles. The molecule has 0 aliphatic heterocycles. The van der Waals surface area contributed by atoms with Crippen LogP contribution in [0.4, 0.5) is 17.6 Å². The number of aromatic nitrogens is 1. The minimum atomic E-state index is -4.22. The predicted molar refractivity (Wildman–Crippen MR) is 75.5 cm³/mol. The summed E-state index contributed by atoms with van der Waals surface area (Å²) in [5.41, 5.74) is 0.603. The van der Waals surface area contributed by atoms with Crippen LogP contribution in [-0.2, 0) is 9.53 Å². The molecule has 1 rings (SSSR count). The number of allylic oxidation sites excluding steroid dienone is 2. The molecule has 0 aliphatic rings. The number of alkyl halides is 4. The van der Waals surface area contributed by atoms with Gasteiger partial charge in [-0.25, -0.2) is 18.6 Å². The maximum absolute atomic E-state index is 12.7. The Labute approximate surface area is 130 Å². The normalized spacial score (nSPS) is 12.3. The molecule has 0 N–H and O–H groups in total. The lowest BCUT2D eigenvalue weighted by molar-refractivity contribution is -0.148. The van der Waals surface area contributed by atoms with Crippen molar-refractivity contribution in [3.05, 3.63) is 42.1 Å². The molecular formula is C15H15F4NO3. The highest BCUT2D eigenvalue weighted by Crippen LogP contribution is 2.23. The summed E-state index contributed by atoms with van der Waals surface area (Å²) in [6.07, 6.45) is 3.36. The van der Waals surface area contributed by atoms with Crippen LogP contribution in [0.15, 0.2) is 36.6 Å². The third-order valence-electron chi connectivity index (χ3n) is 2.41. The smallest absolute Gasteiger partial charge is 0.340 e. The first-order chi connectivity index (χ1) is 10.8. The van der Waals surface area contributed by atoms with Crippen molar-refractivity contribution in [2.75, 3.05) is 13.2 Å². The fourth-order valence-corrected chi connectivity index (χ4v) is 1.30. The molecular weight excluding hydrogens is 318 g/mol. The Balaban J connectivity index is 2.52. The van der Waals surface area contributed by atoms with Gasteiger partial charge in [0, 0.05) is 18.3 Å². The van der Waals surface area contributed by atoms with Crippen LogP contribution in [0, 0.1) is 0 Å². The Hall–Kier alpha value is -2.38. The fraction of sp³-hybridized carbons (Fsp3) is 0.333. The molecule has 1 heterocycles. The Kier molecular flexibility index (Phi) is 7.24. The molecule has 0 fully saturated rings. The van der Waals surface area contributed by atoms with Gasteiger partial charge in [-0.3, -0.25) is 0 Å². The molecule has 0 aliphatic carbocycles. The monoisotopic (exact) mass is 333 g/mol. The van der Waals surface area contributed by atoms with Crippen LogP contribution in [0.2, 0.25) is 0 Å². The van der Waals surface area contributed by atoms with Gasteiger partial charge in [-0.15, -0.1) is 0 Å². The van der Waals surface area contributed by atoms with Gasteiger partial charge in [-0.2, -0.15) is 8.78 Å². The van der Waals surface area contributed by atoms with Crippen molar-refractivity contribution < 1.29 is 31.8 Å². The molecule has 1 aromatic rings. The molecule has 0 radical (unpaired) electrons. The van der Waals surface area contributed by atoms with Crippen LogP contribution >= 0.6 is 0 Å². The second kappa shape index (κ2) is 8.92. The van der Waals surface area contributed by atoms with Crippen LogP contribution in [0.3, 0.4) is 0 Å². The maximum Gasteiger partial charge on any atom is 0.340 e. The van der Waals surface area contributed by atoms with E-state index in [4.69, 9.17) is 0 Å². The van der Waals surface area contributed by atoms with Crippen LogP contribution in [0.1, 0.15) is 12.5 Å². The van der Waals surface area contributed by atoms with Crippen LogP contribution in [0.5, 0.6) is 5.88 Å². The summed E-state index contributed by atoms with van der Waals surface area (Å²) in [7, 11) is 0. The van der Waals surface area contributed by atoms with Crippen LogP contribution in [0.25, 0.3) is 6.08 Å². The SMILES string of the molecule is CCOC(=O)/C=C/C=C/c1ccc(OCC(F)(F)C(F)F)nc1.